The van der Waals surface area contributed by atoms with Crippen LogP contribution >= 0.6 is 0 Å². The van der Waals surface area contributed by atoms with E-state index in [9.17, 15) is 4.79 Å². The number of benzene rings is 1. The number of carbonyl (C=O) groups is 1. The Morgan fingerprint density at radius 3 is 3.00 bits per heavy atom. The highest BCUT2D eigenvalue weighted by molar-refractivity contribution is 5.92. The number of likely N-dealkylation sites (tertiary alicyclic amines) is 1. The van der Waals surface area contributed by atoms with Gasteiger partial charge in [-0.25, -0.2) is 4.98 Å². The van der Waals surface area contributed by atoms with Crippen LogP contribution in [0.4, 0.5) is 0 Å². The third-order valence-corrected chi connectivity index (χ3v) is 4.02. The second-order valence-corrected chi connectivity index (χ2v) is 5.58. The van der Waals surface area contributed by atoms with Crippen LogP contribution in [0.5, 0.6) is 6.01 Å². The lowest BCUT2D eigenvalue weighted by molar-refractivity contribution is 0.0783. The normalized spacial score (nSPS) is 17.5. The topological polar surface area (TPSA) is 55.3 Å². The van der Waals surface area contributed by atoms with E-state index in [1.54, 1.807) is 12.3 Å². The van der Waals surface area contributed by atoms with Crippen molar-refractivity contribution < 1.29 is 9.53 Å². The molecule has 2 heterocycles. The maximum absolute atomic E-state index is 12.5. The lowest BCUT2D eigenvalue weighted by Gasteiger charge is -2.16. The third kappa shape index (κ3) is 2.93. The molecule has 114 valence electrons. The summed E-state index contributed by atoms with van der Waals surface area (Å²) in [5.74, 6) is 0.337. The van der Waals surface area contributed by atoms with Gasteiger partial charge in [-0.3, -0.25) is 4.79 Å². The number of aryl methyl sites for hydroxylation is 1. The molecule has 1 unspecified atom stereocenters. The minimum absolute atomic E-state index is 0.0594. The highest BCUT2D eigenvalue weighted by atomic mass is 16.5. The van der Waals surface area contributed by atoms with Crippen molar-refractivity contribution in [2.45, 2.75) is 19.3 Å². The van der Waals surface area contributed by atoms with Gasteiger partial charge in [0.15, 0.2) is 0 Å². The molecule has 5 heteroatoms. The number of rotatable bonds is 3. The smallest absolute Gasteiger partial charge is 0.316 e. The second-order valence-electron chi connectivity index (χ2n) is 5.58. The Morgan fingerprint density at radius 1 is 1.36 bits per heavy atom. The predicted molar refractivity (Wildman–Crippen MR) is 83.0 cm³/mol. The first-order valence-corrected chi connectivity index (χ1v) is 7.40. The number of hydrogen-bond donors (Lipinski definition) is 0. The van der Waals surface area contributed by atoms with Gasteiger partial charge in [-0.15, -0.1) is 0 Å². The summed E-state index contributed by atoms with van der Waals surface area (Å²) in [6.45, 7) is 3.58. The molecule has 1 aliphatic heterocycles. The Balaban J connectivity index is 1.73. The van der Waals surface area contributed by atoms with Gasteiger partial charge in [0.2, 0.25) is 0 Å². The average molecular weight is 297 g/mol. The molecular weight excluding hydrogens is 278 g/mol. The van der Waals surface area contributed by atoms with Crippen molar-refractivity contribution in [1.29, 1.82) is 0 Å². The molecule has 0 spiro atoms. The van der Waals surface area contributed by atoms with Crippen LogP contribution in [-0.2, 0) is 0 Å². The second kappa shape index (κ2) is 6.13. The fourth-order valence-corrected chi connectivity index (χ4v) is 2.86. The summed E-state index contributed by atoms with van der Waals surface area (Å²) in [5, 5.41) is 0. The van der Waals surface area contributed by atoms with Crippen molar-refractivity contribution >= 4 is 5.91 Å². The van der Waals surface area contributed by atoms with Crippen LogP contribution in [0.3, 0.4) is 0 Å². The Bertz CT molecular complexity index is 687. The molecule has 3 rings (SSSR count). The van der Waals surface area contributed by atoms with Crippen LogP contribution in [0.2, 0.25) is 0 Å². The average Bonchev–Trinajstić information content (AvgIpc) is 3.04. The lowest BCUT2D eigenvalue weighted by Crippen LogP contribution is -2.29. The molecule has 1 atom stereocenters. The van der Waals surface area contributed by atoms with E-state index in [0.29, 0.717) is 11.6 Å². The molecule has 1 saturated heterocycles. The molecule has 0 bridgehead atoms. The van der Waals surface area contributed by atoms with Crippen LogP contribution < -0.4 is 4.74 Å². The van der Waals surface area contributed by atoms with E-state index in [-0.39, 0.29) is 11.9 Å². The zero-order valence-corrected chi connectivity index (χ0v) is 12.8. The number of aromatic nitrogens is 2. The van der Waals surface area contributed by atoms with Gasteiger partial charge in [-0.05, 0) is 25.0 Å². The van der Waals surface area contributed by atoms with Gasteiger partial charge in [0.05, 0.1) is 7.11 Å². The Kier molecular flexibility index (Phi) is 4.04. The Morgan fingerprint density at radius 2 is 2.23 bits per heavy atom. The first-order valence-electron chi connectivity index (χ1n) is 7.40. The van der Waals surface area contributed by atoms with Crippen molar-refractivity contribution in [3.05, 3.63) is 53.3 Å². The SMILES string of the molecule is COc1nccc(C(=O)N2CCC(c3cccc(C)c3)C2)n1. The van der Waals surface area contributed by atoms with Crippen molar-refractivity contribution in [3.63, 3.8) is 0 Å². The number of carbonyl (C=O) groups excluding carboxylic acids is 1. The van der Waals surface area contributed by atoms with E-state index in [1.807, 2.05) is 4.90 Å². The third-order valence-electron chi connectivity index (χ3n) is 4.02. The summed E-state index contributed by atoms with van der Waals surface area (Å²) >= 11 is 0. The fraction of sp³-hybridized carbons (Fsp3) is 0.353. The maximum Gasteiger partial charge on any atom is 0.316 e. The Hall–Kier alpha value is -2.43. The van der Waals surface area contributed by atoms with Crippen LogP contribution in [0.1, 0.15) is 34.0 Å². The van der Waals surface area contributed by atoms with Gasteiger partial charge in [0, 0.05) is 25.2 Å². The largest absolute Gasteiger partial charge is 0.467 e. The molecule has 1 fully saturated rings. The number of ether oxygens (including phenoxy) is 1. The minimum atomic E-state index is -0.0594. The van der Waals surface area contributed by atoms with Gasteiger partial charge >= 0.3 is 6.01 Å². The number of nitrogens with zero attached hydrogens (tertiary/aromatic N) is 3. The van der Waals surface area contributed by atoms with Crippen molar-refractivity contribution in [3.8, 4) is 6.01 Å². The van der Waals surface area contributed by atoms with E-state index in [0.717, 1.165) is 19.5 Å². The van der Waals surface area contributed by atoms with Crippen molar-refractivity contribution in [2.75, 3.05) is 20.2 Å². The van der Waals surface area contributed by atoms with Gasteiger partial charge in [0.1, 0.15) is 5.69 Å². The summed E-state index contributed by atoms with van der Waals surface area (Å²) in [4.78, 5) is 22.5. The van der Waals surface area contributed by atoms with Crippen LogP contribution in [0.15, 0.2) is 36.5 Å². The number of amides is 1. The molecule has 5 nitrogen and oxygen atoms in total. The van der Waals surface area contributed by atoms with Gasteiger partial charge in [-0.1, -0.05) is 29.8 Å². The monoisotopic (exact) mass is 297 g/mol. The van der Waals surface area contributed by atoms with E-state index >= 15 is 0 Å². The first kappa shape index (κ1) is 14.5. The van der Waals surface area contributed by atoms with Gasteiger partial charge < -0.3 is 9.64 Å². The van der Waals surface area contributed by atoms with Gasteiger partial charge in [-0.2, -0.15) is 4.98 Å². The van der Waals surface area contributed by atoms with E-state index in [1.165, 1.54) is 18.2 Å². The lowest BCUT2D eigenvalue weighted by atomic mass is 9.97. The fourth-order valence-electron chi connectivity index (χ4n) is 2.86. The summed E-state index contributed by atoms with van der Waals surface area (Å²) in [6.07, 6.45) is 2.53. The zero-order valence-electron chi connectivity index (χ0n) is 12.8. The van der Waals surface area contributed by atoms with E-state index in [4.69, 9.17) is 4.74 Å². The molecule has 0 saturated carbocycles. The number of methoxy groups -OCH3 is 1. The summed E-state index contributed by atoms with van der Waals surface area (Å²) in [7, 11) is 1.49. The number of hydrogen-bond acceptors (Lipinski definition) is 4. The highest BCUT2D eigenvalue weighted by Crippen LogP contribution is 2.28. The molecule has 1 aliphatic rings. The van der Waals surface area contributed by atoms with Gasteiger partial charge in [0.25, 0.3) is 5.91 Å². The first-order chi connectivity index (χ1) is 10.7. The molecule has 0 radical (unpaired) electrons. The van der Waals surface area contributed by atoms with Crippen molar-refractivity contribution in [2.24, 2.45) is 0 Å². The maximum atomic E-state index is 12.5. The quantitative estimate of drug-likeness (QED) is 0.873. The standard InChI is InChI=1S/C17H19N3O2/c1-12-4-3-5-13(10-12)14-7-9-20(11-14)16(21)15-6-8-18-17(19-15)22-2/h3-6,8,10,14H,7,9,11H2,1-2H3. The molecule has 1 aromatic heterocycles. The molecule has 0 N–H and O–H groups in total. The predicted octanol–water partition coefficient (Wildman–Crippen LogP) is 2.42. The molecule has 1 aromatic carbocycles. The minimum Gasteiger partial charge on any atom is -0.467 e. The summed E-state index contributed by atoms with van der Waals surface area (Å²) < 4.78 is 4.98. The molecule has 0 aliphatic carbocycles. The van der Waals surface area contributed by atoms with E-state index in [2.05, 4.69) is 41.2 Å². The summed E-state index contributed by atoms with van der Waals surface area (Å²) in [6, 6.07) is 10.4. The highest BCUT2D eigenvalue weighted by Gasteiger charge is 2.28. The molecule has 2 aromatic rings. The van der Waals surface area contributed by atoms with Crippen molar-refractivity contribution in [1.82, 2.24) is 14.9 Å². The Labute approximate surface area is 130 Å². The molecular formula is C17H19N3O2. The van der Waals surface area contributed by atoms with E-state index < -0.39 is 0 Å². The zero-order chi connectivity index (χ0) is 15.5. The molecule has 1 amide bonds. The summed E-state index contributed by atoms with van der Waals surface area (Å²) in [5.41, 5.74) is 2.94. The molecule has 22 heavy (non-hydrogen) atoms. The van der Waals surface area contributed by atoms with Crippen LogP contribution in [-0.4, -0.2) is 41.0 Å². The van der Waals surface area contributed by atoms with Crippen LogP contribution in [0, 0.1) is 6.92 Å². The van der Waals surface area contributed by atoms with Crippen LogP contribution in [0.25, 0.3) is 0 Å².